The number of aliphatic carboxylic acids is 1. The van der Waals surface area contributed by atoms with Crippen LogP contribution in [0.25, 0.3) is 10.6 Å². The Labute approximate surface area is 221 Å². The topological polar surface area (TPSA) is 59.4 Å². The zero-order chi connectivity index (χ0) is 26.6. The van der Waals surface area contributed by atoms with E-state index in [9.17, 15) is 18.0 Å². The molecule has 4 nitrogen and oxygen atoms in total. The highest BCUT2D eigenvalue weighted by Crippen LogP contribution is 2.38. The van der Waals surface area contributed by atoms with Crippen LogP contribution >= 0.6 is 23.1 Å². The van der Waals surface area contributed by atoms with Gasteiger partial charge < -0.3 is 9.84 Å². The molecule has 1 aromatic heterocycles. The summed E-state index contributed by atoms with van der Waals surface area (Å²) >= 11 is 3.12. The Bertz CT molecular complexity index is 1380. The number of carboxylic acids is 1. The molecule has 0 spiro atoms. The molecular weight excluding hydrogens is 519 g/mol. The smallest absolute Gasteiger partial charge is 0.416 e. The third kappa shape index (κ3) is 6.72. The molecule has 0 aliphatic rings. The zero-order valence-corrected chi connectivity index (χ0v) is 21.8. The van der Waals surface area contributed by atoms with Crippen molar-refractivity contribution in [3.05, 3.63) is 99.6 Å². The number of carboxylic acid groups (broad SMARTS) is 1. The van der Waals surface area contributed by atoms with Crippen LogP contribution in [0, 0.1) is 13.8 Å². The van der Waals surface area contributed by atoms with Gasteiger partial charge in [-0.1, -0.05) is 42.5 Å². The second kappa shape index (κ2) is 11.4. The van der Waals surface area contributed by atoms with Gasteiger partial charge in [-0.15, -0.1) is 23.1 Å². The molecule has 0 aliphatic carbocycles. The van der Waals surface area contributed by atoms with E-state index in [4.69, 9.17) is 14.8 Å². The van der Waals surface area contributed by atoms with Gasteiger partial charge in [-0.25, -0.2) is 9.78 Å². The first-order valence-corrected chi connectivity index (χ1v) is 13.2. The van der Waals surface area contributed by atoms with Crippen LogP contribution in [0.1, 0.15) is 32.8 Å². The molecule has 1 N–H and O–H groups in total. The second-order valence-electron chi connectivity index (χ2n) is 8.41. The van der Waals surface area contributed by atoms with Crippen molar-refractivity contribution < 1.29 is 27.8 Å². The van der Waals surface area contributed by atoms with E-state index < -0.39 is 24.3 Å². The summed E-state index contributed by atoms with van der Waals surface area (Å²) in [6.07, 6.45) is -3.76. The number of aromatic nitrogens is 1. The van der Waals surface area contributed by atoms with Crippen LogP contribution in [0.5, 0.6) is 5.75 Å². The molecule has 0 fully saturated rings. The minimum absolute atomic E-state index is 0.400. The Balaban J connectivity index is 1.59. The first-order valence-electron chi connectivity index (χ1n) is 11.4. The van der Waals surface area contributed by atoms with E-state index in [1.807, 2.05) is 50.2 Å². The largest absolute Gasteiger partial charge is 0.482 e. The lowest BCUT2D eigenvalue weighted by Gasteiger charge is -2.13. The highest BCUT2D eigenvalue weighted by Gasteiger charge is 2.30. The molecule has 192 valence electrons. The fraction of sp³-hybridized carbons (Fsp3) is 0.214. The van der Waals surface area contributed by atoms with Gasteiger partial charge in [-0.2, -0.15) is 13.2 Å². The monoisotopic (exact) mass is 543 g/mol. The summed E-state index contributed by atoms with van der Waals surface area (Å²) in [6.45, 7) is 3.46. The van der Waals surface area contributed by atoms with Gasteiger partial charge in [0.25, 0.3) is 0 Å². The lowest BCUT2D eigenvalue weighted by Crippen LogP contribution is -2.10. The third-order valence-electron chi connectivity index (χ3n) is 5.85. The molecule has 4 aromatic rings. The highest BCUT2D eigenvalue weighted by molar-refractivity contribution is 7.98. The molecule has 0 bridgehead atoms. The van der Waals surface area contributed by atoms with Crippen LogP contribution in [0.3, 0.4) is 0 Å². The molecule has 4 rings (SSSR count). The lowest BCUT2D eigenvalue weighted by atomic mass is 10.1. The van der Waals surface area contributed by atoms with Crippen molar-refractivity contribution >= 4 is 29.1 Å². The number of ether oxygens (including phenoxy) is 1. The second-order valence-corrected chi connectivity index (χ2v) is 10.5. The van der Waals surface area contributed by atoms with Gasteiger partial charge in [0, 0.05) is 27.5 Å². The molecule has 0 unspecified atom stereocenters. The number of hydrogen-bond donors (Lipinski definition) is 1. The number of carbonyl (C=O) groups is 1. The summed E-state index contributed by atoms with van der Waals surface area (Å²) in [5.74, 6) is 0.141. The van der Waals surface area contributed by atoms with Crippen LogP contribution in [-0.2, 0) is 23.1 Å². The summed E-state index contributed by atoms with van der Waals surface area (Å²) in [7, 11) is 0. The summed E-state index contributed by atoms with van der Waals surface area (Å²) in [5.41, 5.74) is 3.85. The Kier molecular flexibility index (Phi) is 8.24. The number of hydrogen-bond acceptors (Lipinski definition) is 5. The SMILES string of the molecule is Cc1c(OCC(=O)O)ccc(SCc2sc(-c3ccc(C(F)(F)F)cc3)nc2Cc2ccccc2)c1C. The fourth-order valence-corrected chi connectivity index (χ4v) is 5.99. The first-order chi connectivity index (χ1) is 17.6. The molecule has 3 aromatic carbocycles. The average Bonchev–Trinajstić information content (AvgIpc) is 3.27. The van der Waals surface area contributed by atoms with Crippen molar-refractivity contribution in [3.8, 4) is 16.3 Å². The average molecular weight is 544 g/mol. The molecule has 1 heterocycles. The minimum Gasteiger partial charge on any atom is -0.482 e. The summed E-state index contributed by atoms with van der Waals surface area (Å²) in [4.78, 5) is 17.7. The molecule has 0 atom stereocenters. The first kappa shape index (κ1) is 26.8. The normalized spacial score (nSPS) is 11.5. The minimum atomic E-state index is -4.38. The standard InChI is InChI=1S/C28H24F3NO3S2/c1-17-18(2)24(13-12-23(17)35-15-26(33)34)36-16-25-22(14-19-6-4-3-5-7-19)32-27(37-25)20-8-10-21(11-9-20)28(29,30)31/h3-13H,14-16H2,1-2H3,(H,33,34). The van der Waals surface area contributed by atoms with Gasteiger partial charge in [0.15, 0.2) is 6.61 Å². The molecule has 0 saturated heterocycles. The van der Waals surface area contributed by atoms with E-state index in [0.717, 1.165) is 44.3 Å². The van der Waals surface area contributed by atoms with E-state index >= 15 is 0 Å². The number of rotatable bonds is 9. The van der Waals surface area contributed by atoms with Gasteiger partial charge in [0.1, 0.15) is 10.8 Å². The quantitative estimate of drug-likeness (QED) is 0.218. The van der Waals surface area contributed by atoms with Gasteiger partial charge in [0.2, 0.25) is 0 Å². The summed E-state index contributed by atoms with van der Waals surface area (Å²) in [5, 5.41) is 9.56. The molecule has 37 heavy (non-hydrogen) atoms. The van der Waals surface area contributed by atoms with E-state index in [1.165, 1.54) is 23.5 Å². The molecule has 0 aliphatic heterocycles. The van der Waals surface area contributed by atoms with E-state index in [0.29, 0.717) is 28.5 Å². The van der Waals surface area contributed by atoms with Crippen molar-refractivity contribution in [1.29, 1.82) is 0 Å². The predicted octanol–water partition coefficient (Wildman–Crippen LogP) is 7.79. The van der Waals surface area contributed by atoms with Crippen molar-refractivity contribution in [2.24, 2.45) is 0 Å². The van der Waals surface area contributed by atoms with Crippen LogP contribution < -0.4 is 4.74 Å². The van der Waals surface area contributed by atoms with Gasteiger partial charge in [-0.05, 0) is 54.8 Å². The lowest BCUT2D eigenvalue weighted by molar-refractivity contribution is -0.139. The Morgan fingerprint density at radius 3 is 2.35 bits per heavy atom. The van der Waals surface area contributed by atoms with Crippen LogP contribution in [-0.4, -0.2) is 22.7 Å². The Hall–Kier alpha value is -3.30. The maximum atomic E-state index is 13.0. The maximum absolute atomic E-state index is 13.0. The van der Waals surface area contributed by atoms with Gasteiger partial charge in [-0.3, -0.25) is 0 Å². The van der Waals surface area contributed by atoms with E-state index in [1.54, 1.807) is 17.8 Å². The molecule has 0 amide bonds. The molecule has 9 heteroatoms. The number of thiazole rings is 1. The Morgan fingerprint density at radius 1 is 1.00 bits per heavy atom. The van der Waals surface area contributed by atoms with Gasteiger partial charge >= 0.3 is 12.1 Å². The predicted molar refractivity (Wildman–Crippen MR) is 140 cm³/mol. The number of thioether (sulfide) groups is 1. The van der Waals surface area contributed by atoms with Crippen molar-refractivity contribution in [2.75, 3.05) is 6.61 Å². The van der Waals surface area contributed by atoms with Crippen LogP contribution in [0.2, 0.25) is 0 Å². The summed E-state index contributed by atoms with van der Waals surface area (Å²) in [6, 6.07) is 18.7. The molecule has 0 saturated carbocycles. The number of alkyl halides is 3. The van der Waals surface area contributed by atoms with E-state index in [2.05, 4.69) is 0 Å². The van der Waals surface area contributed by atoms with Crippen LogP contribution in [0.4, 0.5) is 13.2 Å². The van der Waals surface area contributed by atoms with Crippen molar-refractivity contribution in [2.45, 2.75) is 37.1 Å². The number of benzene rings is 3. The summed E-state index contributed by atoms with van der Waals surface area (Å²) < 4.78 is 44.4. The number of nitrogens with zero attached hydrogens (tertiary/aromatic N) is 1. The third-order valence-corrected chi connectivity index (χ3v) is 8.37. The maximum Gasteiger partial charge on any atom is 0.416 e. The van der Waals surface area contributed by atoms with E-state index in [-0.39, 0.29) is 0 Å². The van der Waals surface area contributed by atoms with Gasteiger partial charge in [0.05, 0.1) is 11.3 Å². The number of halogens is 3. The highest BCUT2D eigenvalue weighted by atomic mass is 32.2. The van der Waals surface area contributed by atoms with Crippen LogP contribution in [0.15, 0.2) is 71.6 Å². The molecule has 0 radical (unpaired) electrons. The molecular formula is C28H24F3NO3S2. The zero-order valence-electron chi connectivity index (χ0n) is 20.1. The van der Waals surface area contributed by atoms with Crippen molar-refractivity contribution in [3.63, 3.8) is 0 Å². The van der Waals surface area contributed by atoms with Crippen molar-refractivity contribution in [1.82, 2.24) is 4.98 Å². The Morgan fingerprint density at radius 2 is 1.70 bits per heavy atom. The fourth-order valence-electron chi connectivity index (χ4n) is 3.72.